The van der Waals surface area contributed by atoms with Gasteiger partial charge in [-0.05, 0) is 36.2 Å². The van der Waals surface area contributed by atoms with Crippen molar-refractivity contribution in [3.63, 3.8) is 0 Å². The van der Waals surface area contributed by atoms with Crippen LogP contribution in [-0.4, -0.2) is 24.1 Å². The van der Waals surface area contributed by atoms with Gasteiger partial charge in [-0.2, -0.15) is 5.10 Å². The lowest BCUT2D eigenvalue weighted by Crippen LogP contribution is -2.12. The van der Waals surface area contributed by atoms with E-state index in [2.05, 4.69) is 56.1 Å². The van der Waals surface area contributed by atoms with Gasteiger partial charge in [0.15, 0.2) is 0 Å². The summed E-state index contributed by atoms with van der Waals surface area (Å²) in [6, 6.07) is 12.4. The van der Waals surface area contributed by atoms with Crippen molar-refractivity contribution in [2.24, 2.45) is 0 Å². The number of hydrogen-bond donors (Lipinski definition) is 1. The molecule has 0 saturated carbocycles. The zero-order chi connectivity index (χ0) is 16.4. The zero-order valence-electron chi connectivity index (χ0n) is 13.4. The van der Waals surface area contributed by atoms with Crippen LogP contribution < -0.4 is 5.32 Å². The van der Waals surface area contributed by atoms with Crippen LogP contribution in [-0.2, 0) is 13.1 Å². The van der Waals surface area contributed by atoms with E-state index in [0.717, 1.165) is 30.1 Å². The summed E-state index contributed by atoms with van der Waals surface area (Å²) in [7, 11) is 0. The molecule has 6 heteroatoms. The minimum atomic E-state index is 0.742. The Kier molecular flexibility index (Phi) is 3.80. The van der Waals surface area contributed by atoms with E-state index >= 15 is 0 Å². The Labute approximate surface area is 139 Å². The summed E-state index contributed by atoms with van der Waals surface area (Å²) in [6.07, 6.45) is 7.33. The molecule has 4 rings (SSSR count). The standard InChI is InChI=1S/C18H18N6/c1-14-3-2-8-23-11-16(22-18(14)23)10-19-9-15-4-6-17(7-5-15)24-13-20-12-21-24/h2-8,11-13,19H,9-10H2,1H3. The monoisotopic (exact) mass is 318 g/mol. The first-order valence-electron chi connectivity index (χ1n) is 7.87. The van der Waals surface area contributed by atoms with Gasteiger partial charge in [-0.25, -0.2) is 14.6 Å². The third-order valence-corrected chi connectivity index (χ3v) is 3.98. The van der Waals surface area contributed by atoms with E-state index in [-0.39, 0.29) is 0 Å². The molecule has 0 atom stereocenters. The highest BCUT2D eigenvalue weighted by Crippen LogP contribution is 2.11. The number of benzene rings is 1. The second kappa shape index (κ2) is 6.25. The van der Waals surface area contributed by atoms with Crippen LogP contribution in [0.25, 0.3) is 11.3 Å². The Balaban J connectivity index is 1.39. The molecule has 120 valence electrons. The van der Waals surface area contributed by atoms with E-state index in [9.17, 15) is 0 Å². The molecule has 0 spiro atoms. The Hall–Kier alpha value is -2.99. The lowest BCUT2D eigenvalue weighted by atomic mass is 10.2. The summed E-state index contributed by atoms with van der Waals surface area (Å²) in [6.45, 7) is 3.62. The molecule has 0 aliphatic carbocycles. The van der Waals surface area contributed by atoms with Crippen molar-refractivity contribution in [3.8, 4) is 5.69 Å². The Bertz CT molecular complexity index is 937. The van der Waals surface area contributed by atoms with E-state index in [1.807, 2.05) is 24.4 Å². The second-order valence-electron chi connectivity index (χ2n) is 5.76. The predicted octanol–water partition coefficient (Wildman–Crippen LogP) is 2.51. The lowest BCUT2D eigenvalue weighted by Gasteiger charge is -2.05. The molecule has 1 aromatic carbocycles. The molecule has 24 heavy (non-hydrogen) atoms. The van der Waals surface area contributed by atoms with Crippen molar-refractivity contribution in [3.05, 3.63) is 78.3 Å². The van der Waals surface area contributed by atoms with Gasteiger partial charge < -0.3 is 9.72 Å². The van der Waals surface area contributed by atoms with Crippen molar-refractivity contribution in [2.45, 2.75) is 20.0 Å². The average molecular weight is 318 g/mol. The number of aryl methyl sites for hydroxylation is 1. The second-order valence-corrected chi connectivity index (χ2v) is 5.76. The maximum atomic E-state index is 4.67. The fraction of sp³-hybridized carbons (Fsp3) is 0.167. The summed E-state index contributed by atoms with van der Waals surface area (Å²) >= 11 is 0. The first kappa shape index (κ1) is 14.6. The van der Waals surface area contributed by atoms with Crippen LogP contribution in [0.2, 0.25) is 0 Å². The molecule has 0 radical (unpaired) electrons. The van der Waals surface area contributed by atoms with Crippen LogP contribution in [0.5, 0.6) is 0 Å². The van der Waals surface area contributed by atoms with Gasteiger partial charge in [-0.3, -0.25) is 0 Å². The van der Waals surface area contributed by atoms with E-state index < -0.39 is 0 Å². The molecular formula is C18H18N6. The van der Waals surface area contributed by atoms with Gasteiger partial charge in [-0.1, -0.05) is 18.2 Å². The van der Waals surface area contributed by atoms with Gasteiger partial charge in [0.05, 0.1) is 11.4 Å². The molecule has 0 aliphatic rings. The van der Waals surface area contributed by atoms with Crippen molar-refractivity contribution < 1.29 is 0 Å². The van der Waals surface area contributed by atoms with Crippen LogP contribution in [0, 0.1) is 6.92 Å². The van der Waals surface area contributed by atoms with Gasteiger partial charge in [0, 0.05) is 25.5 Å². The van der Waals surface area contributed by atoms with Crippen LogP contribution in [0.1, 0.15) is 16.8 Å². The van der Waals surface area contributed by atoms with Crippen LogP contribution in [0.3, 0.4) is 0 Å². The summed E-state index contributed by atoms with van der Waals surface area (Å²) < 4.78 is 3.81. The Morgan fingerprint density at radius 3 is 2.71 bits per heavy atom. The lowest BCUT2D eigenvalue weighted by molar-refractivity contribution is 0.682. The molecular weight excluding hydrogens is 300 g/mol. The molecule has 4 aromatic rings. The number of fused-ring (bicyclic) bond motifs is 1. The highest BCUT2D eigenvalue weighted by molar-refractivity contribution is 5.47. The molecule has 0 saturated heterocycles. The van der Waals surface area contributed by atoms with Crippen molar-refractivity contribution in [2.75, 3.05) is 0 Å². The molecule has 0 bridgehead atoms. The summed E-state index contributed by atoms with van der Waals surface area (Å²) in [5.41, 5.74) is 5.48. The Morgan fingerprint density at radius 2 is 1.96 bits per heavy atom. The molecule has 3 heterocycles. The summed E-state index contributed by atoms with van der Waals surface area (Å²) in [5, 5.41) is 7.57. The van der Waals surface area contributed by atoms with Crippen LogP contribution in [0.4, 0.5) is 0 Å². The quantitative estimate of drug-likeness (QED) is 0.614. The number of pyridine rings is 1. The molecule has 0 aliphatic heterocycles. The summed E-state index contributed by atoms with van der Waals surface area (Å²) in [4.78, 5) is 8.63. The zero-order valence-corrected chi connectivity index (χ0v) is 13.4. The van der Waals surface area contributed by atoms with Crippen LogP contribution >= 0.6 is 0 Å². The van der Waals surface area contributed by atoms with E-state index in [1.54, 1.807) is 11.0 Å². The smallest absolute Gasteiger partial charge is 0.139 e. The minimum Gasteiger partial charge on any atom is -0.307 e. The van der Waals surface area contributed by atoms with E-state index in [0.29, 0.717) is 0 Å². The number of imidazole rings is 1. The number of hydrogen-bond acceptors (Lipinski definition) is 4. The fourth-order valence-corrected chi connectivity index (χ4v) is 2.73. The van der Waals surface area contributed by atoms with Gasteiger partial charge >= 0.3 is 0 Å². The Morgan fingerprint density at radius 1 is 1.08 bits per heavy atom. The topological polar surface area (TPSA) is 60.0 Å². The van der Waals surface area contributed by atoms with Crippen molar-refractivity contribution in [1.29, 1.82) is 0 Å². The number of nitrogens with zero attached hydrogens (tertiary/aromatic N) is 5. The van der Waals surface area contributed by atoms with Gasteiger partial charge in [0.25, 0.3) is 0 Å². The minimum absolute atomic E-state index is 0.742. The number of rotatable bonds is 5. The van der Waals surface area contributed by atoms with Crippen molar-refractivity contribution in [1.82, 2.24) is 29.5 Å². The predicted molar refractivity (Wildman–Crippen MR) is 91.8 cm³/mol. The first-order valence-corrected chi connectivity index (χ1v) is 7.87. The molecule has 6 nitrogen and oxygen atoms in total. The summed E-state index contributed by atoms with van der Waals surface area (Å²) in [5.74, 6) is 0. The maximum absolute atomic E-state index is 4.67. The van der Waals surface area contributed by atoms with Gasteiger partial charge in [0.2, 0.25) is 0 Å². The molecule has 0 amide bonds. The molecule has 0 fully saturated rings. The number of aromatic nitrogens is 5. The highest BCUT2D eigenvalue weighted by atomic mass is 15.3. The molecule has 0 unspecified atom stereocenters. The maximum Gasteiger partial charge on any atom is 0.139 e. The van der Waals surface area contributed by atoms with Crippen LogP contribution in [0.15, 0.2) is 61.4 Å². The third-order valence-electron chi connectivity index (χ3n) is 3.98. The fourth-order valence-electron chi connectivity index (χ4n) is 2.73. The van der Waals surface area contributed by atoms with E-state index in [4.69, 9.17) is 0 Å². The van der Waals surface area contributed by atoms with Gasteiger partial charge in [0.1, 0.15) is 18.3 Å². The first-order chi connectivity index (χ1) is 11.8. The van der Waals surface area contributed by atoms with Gasteiger partial charge in [-0.15, -0.1) is 0 Å². The molecule has 3 aromatic heterocycles. The normalized spacial score (nSPS) is 11.2. The number of nitrogens with one attached hydrogen (secondary N) is 1. The highest BCUT2D eigenvalue weighted by Gasteiger charge is 2.03. The molecule has 1 N–H and O–H groups in total. The van der Waals surface area contributed by atoms with E-state index in [1.165, 1.54) is 17.5 Å². The van der Waals surface area contributed by atoms with Crippen molar-refractivity contribution >= 4 is 5.65 Å². The SMILES string of the molecule is Cc1cccn2cc(CNCc3ccc(-n4cncn4)cc3)nc12. The largest absolute Gasteiger partial charge is 0.307 e. The average Bonchev–Trinajstić information content (AvgIpc) is 3.25. The third kappa shape index (κ3) is 2.91.